The molecule has 2 rings (SSSR count). The maximum absolute atomic E-state index is 12.1. The van der Waals surface area contributed by atoms with Gasteiger partial charge in [0, 0.05) is 17.3 Å². The van der Waals surface area contributed by atoms with Crippen LogP contribution in [0.15, 0.2) is 48.5 Å². The van der Waals surface area contributed by atoms with E-state index < -0.39 is 0 Å². The summed E-state index contributed by atoms with van der Waals surface area (Å²) in [6.07, 6.45) is 0.288. The van der Waals surface area contributed by atoms with E-state index in [9.17, 15) is 9.59 Å². The number of carbonyl (C=O) groups excluding carboxylic acids is 2. The van der Waals surface area contributed by atoms with Crippen molar-refractivity contribution in [2.45, 2.75) is 20.3 Å². The zero-order valence-electron chi connectivity index (χ0n) is 14.1. The zero-order chi connectivity index (χ0) is 17.5. The van der Waals surface area contributed by atoms with Gasteiger partial charge in [0.25, 0.3) is 0 Å². The SMILES string of the molecule is COc1ccc(CC(=O)Nc2ccc(NC(=O)C(C)C)cc2)cc1. The molecule has 0 spiro atoms. The van der Waals surface area contributed by atoms with E-state index in [0.717, 1.165) is 11.3 Å². The normalized spacial score (nSPS) is 10.3. The van der Waals surface area contributed by atoms with Crippen molar-refractivity contribution < 1.29 is 14.3 Å². The van der Waals surface area contributed by atoms with Crippen molar-refractivity contribution in [1.82, 2.24) is 0 Å². The summed E-state index contributed by atoms with van der Waals surface area (Å²) in [4.78, 5) is 23.7. The molecule has 0 saturated carbocycles. The summed E-state index contributed by atoms with van der Waals surface area (Å²) in [5, 5.41) is 5.65. The second-order valence-electron chi connectivity index (χ2n) is 5.79. The van der Waals surface area contributed by atoms with Gasteiger partial charge in [-0.15, -0.1) is 0 Å². The number of methoxy groups -OCH3 is 1. The van der Waals surface area contributed by atoms with E-state index >= 15 is 0 Å². The summed E-state index contributed by atoms with van der Waals surface area (Å²) in [7, 11) is 1.61. The van der Waals surface area contributed by atoms with E-state index in [1.54, 1.807) is 31.4 Å². The lowest BCUT2D eigenvalue weighted by atomic mass is 10.1. The quantitative estimate of drug-likeness (QED) is 0.854. The second-order valence-corrected chi connectivity index (χ2v) is 5.79. The topological polar surface area (TPSA) is 67.4 Å². The van der Waals surface area contributed by atoms with E-state index in [0.29, 0.717) is 11.4 Å². The van der Waals surface area contributed by atoms with Crippen molar-refractivity contribution in [3.05, 3.63) is 54.1 Å². The first-order valence-electron chi connectivity index (χ1n) is 7.81. The highest BCUT2D eigenvalue weighted by Gasteiger charge is 2.08. The van der Waals surface area contributed by atoms with Crippen LogP contribution in [0.4, 0.5) is 11.4 Å². The highest BCUT2D eigenvalue weighted by molar-refractivity contribution is 5.94. The smallest absolute Gasteiger partial charge is 0.228 e. The number of hydrogen-bond donors (Lipinski definition) is 2. The molecule has 126 valence electrons. The van der Waals surface area contributed by atoms with E-state index in [-0.39, 0.29) is 24.2 Å². The number of anilines is 2. The van der Waals surface area contributed by atoms with Gasteiger partial charge in [0.1, 0.15) is 5.75 Å². The Balaban J connectivity index is 1.90. The molecule has 0 saturated heterocycles. The van der Waals surface area contributed by atoms with E-state index in [1.807, 2.05) is 38.1 Å². The third-order valence-corrected chi connectivity index (χ3v) is 3.48. The summed E-state index contributed by atoms with van der Waals surface area (Å²) < 4.78 is 5.09. The highest BCUT2D eigenvalue weighted by atomic mass is 16.5. The van der Waals surface area contributed by atoms with Crippen LogP contribution in [0.1, 0.15) is 19.4 Å². The molecule has 0 aliphatic carbocycles. The van der Waals surface area contributed by atoms with Crippen molar-refractivity contribution >= 4 is 23.2 Å². The number of rotatable bonds is 6. The number of benzene rings is 2. The van der Waals surface area contributed by atoms with Gasteiger partial charge in [0.05, 0.1) is 13.5 Å². The number of amides is 2. The fourth-order valence-corrected chi connectivity index (χ4v) is 2.06. The predicted octanol–water partition coefficient (Wildman–Crippen LogP) is 3.47. The van der Waals surface area contributed by atoms with Crippen molar-refractivity contribution in [3.63, 3.8) is 0 Å². The molecule has 0 atom stereocenters. The largest absolute Gasteiger partial charge is 0.497 e. The maximum Gasteiger partial charge on any atom is 0.228 e. The lowest BCUT2D eigenvalue weighted by Crippen LogP contribution is -2.18. The summed E-state index contributed by atoms with van der Waals surface area (Å²) in [5.41, 5.74) is 2.31. The van der Waals surface area contributed by atoms with E-state index in [4.69, 9.17) is 4.74 Å². The lowest BCUT2D eigenvalue weighted by molar-refractivity contribution is -0.119. The van der Waals surface area contributed by atoms with Crippen LogP contribution in [0.25, 0.3) is 0 Å². The van der Waals surface area contributed by atoms with Gasteiger partial charge in [-0.25, -0.2) is 0 Å². The number of carbonyl (C=O) groups is 2. The molecular formula is C19H22N2O3. The van der Waals surface area contributed by atoms with Gasteiger partial charge >= 0.3 is 0 Å². The van der Waals surface area contributed by atoms with Gasteiger partial charge in [-0.05, 0) is 42.0 Å². The number of nitrogens with one attached hydrogen (secondary N) is 2. The first kappa shape index (κ1) is 17.5. The standard InChI is InChI=1S/C19H22N2O3/c1-13(2)19(23)21-16-8-6-15(7-9-16)20-18(22)12-14-4-10-17(24-3)11-5-14/h4-11,13H,12H2,1-3H3,(H,20,22)(H,21,23). The van der Waals surface area contributed by atoms with Crippen LogP contribution in [0.2, 0.25) is 0 Å². The van der Waals surface area contributed by atoms with E-state index in [2.05, 4.69) is 10.6 Å². The molecule has 5 nitrogen and oxygen atoms in total. The minimum atomic E-state index is -0.0980. The summed E-state index contributed by atoms with van der Waals surface area (Å²) in [6, 6.07) is 14.5. The molecule has 0 bridgehead atoms. The summed E-state index contributed by atoms with van der Waals surface area (Å²) >= 11 is 0. The molecule has 0 fully saturated rings. The summed E-state index contributed by atoms with van der Waals surface area (Å²) in [6.45, 7) is 3.67. The van der Waals surface area contributed by atoms with Crippen LogP contribution in [-0.4, -0.2) is 18.9 Å². The molecule has 24 heavy (non-hydrogen) atoms. The van der Waals surface area contributed by atoms with Crippen LogP contribution >= 0.6 is 0 Å². The molecule has 0 aliphatic rings. The molecule has 0 heterocycles. The van der Waals surface area contributed by atoms with Crippen LogP contribution in [0.3, 0.4) is 0 Å². The first-order chi connectivity index (χ1) is 11.5. The molecule has 2 aromatic rings. The average Bonchev–Trinajstić information content (AvgIpc) is 2.57. The third kappa shape index (κ3) is 5.12. The Bertz CT molecular complexity index is 692. The van der Waals surface area contributed by atoms with Crippen LogP contribution in [-0.2, 0) is 16.0 Å². The third-order valence-electron chi connectivity index (χ3n) is 3.48. The minimum Gasteiger partial charge on any atom is -0.497 e. The Morgan fingerprint density at radius 3 is 1.96 bits per heavy atom. The first-order valence-corrected chi connectivity index (χ1v) is 7.81. The number of hydrogen-bond acceptors (Lipinski definition) is 3. The Morgan fingerprint density at radius 2 is 1.46 bits per heavy atom. The van der Waals surface area contributed by atoms with Crippen molar-refractivity contribution in [2.75, 3.05) is 17.7 Å². The molecule has 2 amide bonds. The Kier molecular flexibility index (Phi) is 5.95. The molecule has 0 unspecified atom stereocenters. The fourth-order valence-electron chi connectivity index (χ4n) is 2.06. The van der Waals surface area contributed by atoms with Crippen molar-refractivity contribution in [3.8, 4) is 5.75 Å². The van der Waals surface area contributed by atoms with Crippen LogP contribution in [0, 0.1) is 5.92 Å². The van der Waals surface area contributed by atoms with Gasteiger partial charge in [0.2, 0.25) is 11.8 Å². The monoisotopic (exact) mass is 326 g/mol. The zero-order valence-corrected chi connectivity index (χ0v) is 14.1. The molecule has 0 aliphatic heterocycles. The van der Waals surface area contributed by atoms with Crippen molar-refractivity contribution in [1.29, 1.82) is 0 Å². The Hall–Kier alpha value is -2.82. The predicted molar refractivity (Wildman–Crippen MR) is 95.2 cm³/mol. The molecule has 5 heteroatoms. The molecule has 2 aromatic carbocycles. The Labute approximate surface area is 142 Å². The molecule has 0 radical (unpaired) electrons. The fraction of sp³-hybridized carbons (Fsp3) is 0.263. The van der Waals surface area contributed by atoms with Gasteiger partial charge in [-0.2, -0.15) is 0 Å². The second kappa shape index (κ2) is 8.15. The van der Waals surface area contributed by atoms with Crippen molar-refractivity contribution in [2.24, 2.45) is 5.92 Å². The molecule has 2 N–H and O–H groups in total. The van der Waals surface area contributed by atoms with E-state index in [1.165, 1.54) is 0 Å². The maximum atomic E-state index is 12.1. The summed E-state index contributed by atoms with van der Waals surface area (Å²) in [5.74, 6) is 0.553. The molecular weight excluding hydrogens is 304 g/mol. The minimum absolute atomic E-state index is 0.0358. The van der Waals surface area contributed by atoms with Gasteiger partial charge in [-0.3, -0.25) is 9.59 Å². The average molecular weight is 326 g/mol. The van der Waals surface area contributed by atoms with Crippen LogP contribution < -0.4 is 15.4 Å². The Morgan fingerprint density at radius 1 is 0.917 bits per heavy atom. The highest BCUT2D eigenvalue weighted by Crippen LogP contribution is 2.16. The molecule has 0 aromatic heterocycles. The number of ether oxygens (including phenoxy) is 1. The van der Waals surface area contributed by atoms with Crippen LogP contribution in [0.5, 0.6) is 5.75 Å². The van der Waals surface area contributed by atoms with Gasteiger partial charge in [0.15, 0.2) is 0 Å². The van der Waals surface area contributed by atoms with Gasteiger partial charge < -0.3 is 15.4 Å². The van der Waals surface area contributed by atoms with Gasteiger partial charge in [-0.1, -0.05) is 26.0 Å². The lowest BCUT2D eigenvalue weighted by Gasteiger charge is -2.09.